The highest BCUT2D eigenvalue weighted by molar-refractivity contribution is 7.12. The van der Waals surface area contributed by atoms with Gasteiger partial charge in [-0.3, -0.25) is 0 Å². The zero-order valence-electron chi connectivity index (χ0n) is 11.2. The van der Waals surface area contributed by atoms with Crippen LogP contribution in [0.2, 0.25) is 0 Å². The summed E-state index contributed by atoms with van der Waals surface area (Å²) in [6, 6.07) is 2.92. The van der Waals surface area contributed by atoms with Crippen molar-refractivity contribution in [2.45, 2.75) is 51.2 Å². The molecule has 96 valence electrons. The van der Waals surface area contributed by atoms with E-state index in [1.165, 1.54) is 23.3 Å². The van der Waals surface area contributed by atoms with Crippen LogP contribution in [0.5, 0.6) is 0 Å². The van der Waals surface area contributed by atoms with E-state index in [2.05, 4.69) is 25.2 Å². The van der Waals surface area contributed by atoms with Gasteiger partial charge in [0.05, 0.1) is 6.10 Å². The average Bonchev–Trinajstić information content (AvgIpc) is 2.74. The second kappa shape index (κ2) is 5.51. The highest BCUT2D eigenvalue weighted by Crippen LogP contribution is 2.43. The molecule has 3 atom stereocenters. The van der Waals surface area contributed by atoms with Crippen molar-refractivity contribution >= 4 is 11.3 Å². The molecule has 2 rings (SSSR count). The van der Waals surface area contributed by atoms with Crippen molar-refractivity contribution in [3.63, 3.8) is 0 Å². The standard InChI is InChI=1S/C14H23NOS/c1-9-5-6-13(16-4)12-8-11(17-14(9)12)7-10(2)15-3/h8-10,13,15H,5-7H2,1-4H3. The van der Waals surface area contributed by atoms with Gasteiger partial charge in [-0.15, -0.1) is 11.3 Å². The van der Waals surface area contributed by atoms with Crippen LogP contribution in [-0.4, -0.2) is 20.2 Å². The molecule has 0 bridgehead atoms. The lowest BCUT2D eigenvalue weighted by molar-refractivity contribution is 0.0859. The number of fused-ring (bicyclic) bond motifs is 1. The summed E-state index contributed by atoms with van der Waals surface area (Å²) in [4.78, 5) is 3.05. The molecule has 2 nitrogen and oxygen atoms in total. The lowest BCUT2D eigenvalue weighted by Crippen LogP contribution is -2.22. The fourth-order valence-electron chi connectivity index (χ4n) is 2.55. The summed E-state index contributed by atoms with van der Waals surface area (Å²) in [7, 11) is 3.86. The van der Waals surface area contributed by atoms with E-state index >= 15 is 0 Å². The second-order valence-corrected chi connectivity index (χ2v) is 6.30. The third-order valence-electron chi connectivity index (χ3n) is 3.78. The fourth-order valence-corrected chi connectivity index (χ4v) is 3.98. The summed E-state index contributed by atoms with van der Waals surface area (Å²) >= 11 is 1.99. The predicted molar refractivity (Wildman–Crippen MR) is 73.9 cm³/mol. The number of likely N-dealkylation sites (N-methyl/N-ethyl adjacent to an activating group) is 1. The van der Waals surface area contributed by atoms with Crippen molar-refractivity contribution in [3.05, 3.63) is 21.4 Å². The number of thiophene rings is 1. The Morgan fingerprint density at radius 1 is 1.53 bits per heavy atom. The summed E-state index contributed by atoms with van der Waals surface area (Å²) in [6.45, 7) is 4.57. The fraction of sp³-hybridized carbons (Fsp3) is 0.714. The number of nitrogens with one attached hydrogen (secondary N) is 1. The van der Waals surface area contributed by atoms with Crippen LogP contribution >= 0.6 is 11.3 Å². The Balaban J connectivity index is 2.22. The number of methoxy groups -OCH3 is 1. The Labute approximate surface area is 108 Å². The maximum Gasteiger partial charge on any atom is 0.0832 e. The van der Waals surface area contributed by atoms with Gasteiger partial charge in [0.1, 0.15) is 0 Å². The summed E-state index contributed by atoms with van der Waals surface area (Å²) in [5.74, 6) is 0.708. The van der Waals surface area contributed by atoms with Crippen molar-refractivity contribution in [3.8, 4) is 0 Å². The van der Waals surface area contributed by atoms with Gasteiger partial charge in [0.15, 0.2) is 0 Å². The van der Waals surface area contributed by atoms with E-state index in [0.29, 0.717) is 18.1 Å². The smallest absolute Gasteiger partial charge is 0.0832 e. The van der Waals surface area contributed by atoms with Gasteiger partial charge in [0.2, 0.25) is 0 Å². The largest absolute Gasteiger partial charge is 0.377 e. The van der Waals surface area contributed by atoms with Gasteiger partial charge >= 0.3 is 0 Å². The van der Waals surface area contributed by atoms with E-state index in [-0.39, 0.29) is 0 Å². The minimum atomic E-state index is 0.330. The van der Waals surface area contributed by atoms with Gasteiger partial charge in [-0.25, -0.2) is 0 Å². The van der Waals surface area contributed by atoms with Crippen LogP contribution in [-0.2, 0) is 11.2 Å². The monoisotopic (exact) mass is 253 g/mol. The molecule has 0 fully saturated rings. The highest BCUT2D eigenvalue weighted by Gasteiger charge is 2.27. The molecular formula is C14H23NOS. The molecule has 1 aliphatic rings. The molecule has 1 aromatic rings. The van der Waals surface area contributed by atoms with Gasteiger partial charge < -0.3 is 10.1 Å². The lowest BCUT2D eigenvalue weighted by atomic mass is 9.88. The first-order valence-electron chi connectivity index (χ1n) is 6.48. The first-order chi connectivity index (χ1) is 8.15. The molecular weight excluding hydrogens is 230 g/mol. The molecule has 3 heteroatoms. The maximum atomic E-state index is 5.60. The van der Waals surface area contributed by atoms with Crippen LogP contribution in [0.3, 0.4) is 0 Å². The summed E-state index contributed by atoms with van der Waals surface area (Å²) in [5.41, 5.74) is 1.45. The first-order valence-corrected chi connectivity index (χ1v) is 7.30. The molecule has 0 spiro atoms. The minimum absolute atomic E-state index is 0.330. The molecule has 0 amide bonds. The van der Waals surface area contributed by atoms with Gasteiger partial charge in [-0.05, 0) is 50.8 Å². The number of rotatable bonds is 4. The Kier molecular flexibility index (Phi) is 4.23. The van der Waals surface area contributed by atoms with E-state index in [1.807, 2.05) is 25.5 Å². The van der Waals surface area contributed by atoms with Crippen molar-refractivity contribution in [2.24, 2.45) is 0 Å². The van der Waals surface area contributed by atoms with Crippen LogP contribution in [0.4, 0.5) is 0 Å². The van der Waals surface area contributed by atoms with Crippen molar-refractivity contribution < 1.29 is 4.74 Å². The molecule has 0 aliphatic heterocycles. The highest BCUT2D eigenvalue weighted by atomic mass is 32.1. The van der Waals surface area contributed by atoms with E-state index < -0.39 is 0 Å². The summed E-state index contributed by atoms with van der Waals surface area (Å²) in [5, 5.41) is 3.31. The molecule has 17 heavy (non-hydrogen) atoms. The zero-order valence-corrected chi connectivity index (χ0v) is 12.1. The third-order valence-corrected chi connectivity index (χ3v) is 5.19. The van der Waals surface area contributed by atoms with Gasteiger partial charge in [-0.1, -0.05) is 6.92 Å². The second-order valence-electron chi connectivity index (χ2n) is 5.13. The van der Waals surface area contributed by atoms with Crippen molar-refractivity contribution in [1.29, 1.82) is 0 Å². The SMILES string of the molecule is CNC(C)Cc1cc2c(s1)C(C)CCC2OC. The maximum absolute atomic E-state index is 5.60. The summed E-state index contributed by atoms with van der Waals surface area (Å²) in [6.07, 6.45) is 3.88. The van der Waals surface area contributed by atoms with E-state index in [9.17, 15) is 0 Å². The van der Waals surface area contributed by atoms with E-state index in [0.717, 1.165) is 6.42 Å². The minimum Gasteiger partial charge on any atom is -0.377 e. The third kappa shape index (κ3) is 2.72. The van der Waals surface area contributed by atoms with Crippen LogP contribution in [0.25, 0.3) is 0 Å². The topological polar surface area (TPSA) is 21.3 Å². The van der Waals surface area contributed by atoms with E-state index in [1.54, 1.807) is 4.88 Å². The molecule has 0 saturated heterocycles. The number of hydrogen-bond acceptors (Lipinski definition) is 3. The molecule has 3 unspecified atom stereocenters. The van der Waals surface area contributed by atoms with Gasteiger partial charge in [-0.2, -0.15) is 0 Å². The van der Waals surface area contributed by atoms with Crippen LogP contribution in [0.1, 0.15) is 54.0 Å². The number of hydrogen-bond donors (Lipinski definition) is 1. The molecule has 1 aromatic heterocycles. The lowest BCUT2D eigenvalue weighted by Gasteiger charge is -2.25. The Bertz CT molecular complexity index is 374. The first kappa shape index (κ1) is 13.1. The Morgan fingerprint density at radius 2 is 2.29 bits per heavy atom. The molecule has 1 N–H and O–H groups in total. The zero-order chi connectivity index (χ0) is 12.4. The summed E-state index contributed by atoms with van der Waals surface area (Å²) < 4.78 is 5.60. The van der Waals surface area contributed by atoms with Crippen LogP contribution in [0.15, 0.2) is 6.07 Å². The number of ether oxygens (including phenoxy) is 1. The molecule has 0 aromatic carbocycles. The predicted octanol–water partition coefficient (Wildman–Crippen LogP) is 3.48. The molecule has 1 heterocycles. The molecule has 1 aliphatic carbocycles. The Hall–Kier alpha value is -0.380. The van der Waals surface area contributed by atoms with E-state index in [4.69, 9.17) is 4.74 Å². The van der Waals surface area contributed by atoms with Gasteiger partial charge in [0.25, 0.3) is 0 Å². The average molecular weight is 253 g/mol. The van der Waals surface area contributed by atoms with Crippen LogP contribution in [0, 0.1) is 0 Å². The Morgan fingerprint density at radius 3 is 2.94 bits per heavy atom. The van der Waals surface area contributed by atoms with Gasteiger partial charge in [0, 0.05) is 22.9 Å². The molecule has 0 saturated carbocycles. The quantitative estimate of drug-likeness (QED) is 0.887. The van der Waals surface area contributed by atoms with Crippen LogP contribution < -0.4 is 5.32 Å². The van der Waals surface area contributed by atoms with Crippen molar-refractivity contribution in [1.82, 2.24) is 5.32 Å². The molecule has 0 radical (unpaired) electrons. The van der Waals surface area contributed by atoms with Crippen molar-refractivity contribution in [2.75, 3.05) is 14.2 Å². The normalized spacial score (nSPS) is 25.6.